The molecule has 0 amide bonds. The summed E-state index contributed by atoms with van der Waals surface area (Å²) in [5.41, 5.74) is 18.0. The summed E-state index contributed by atoms with van der Waals surface area (Å²) in [5.74, 6) is 0.725. The fourth-order valence-corrected chi connectivity index (χ4v) is 10.0. The highest BCUT2D eigenvalue weighted by Crippen LogP contribution is 2.55. The molecule has 0 N–H and O–H groups in total. The molecule has 2 aliphatic carbocycles. The van der Waals surface area contributed by atoms with Crippen molar-refractivity contribution in [3.8, 4) is 67.3 Å². The van der Waals surface area contributed by atoms with Gasteiger partial charge in [0.25, 0.3) is 0 Å². The van der Waals surface area contributed by atoms with Crippen molar-refractivity contribution in [3.05, 3.63) is 192 Å². The highest BCUT2D eigenvalue weighted by atomic mass is 14.9. The predicted molar refractivity (Wildman–Crippen MR) is 234 cm³/mol. The molecular weight excluding hydrogens is 677 g/mol. The average Bonchev–Trinajstić information content (AvgIpc) is 3.63. The fourth-order valence-electron chi connectivity index (χ4n) is 10.0. The van der Waals surface area contributed by atoms with Crippen molar-refractivity contribution < 1.29 is 0 Å². The smallest absolute Gasteiger partial charge is 0.161 e. The molecule has 0 saturated carbocycles. The summed E-state index contributed by atoms with van der Waals surface area (Å²) in [7, 11) is 0. The highest BCUT2D eigenvalue weighted by molar-refractivity contribution is 6.09. The summed E-state index contributed by atoms with van der Waals surface area (Å²) in [6, 6.07) is 61.9. The van der Waals surface area contributed by atoms with Gasteiger partial charge in [0.05, 0.1) is 11.4 Å². The van der Waals surface area contributed by atoms with Gasteiger partial charge in [0.1, 0.15) is 0 Å². The Morgan fingerprint density at radius 2 is 0.911 bits per heavy atom. The zero-order chi connectivity index (χ0) is 37.8. The van der Waals surface area contributed by atoms with Crippen LogP contribution in [-0.2, 0) is 10.8 Å². The minimum Gasteiger partial charge on any atom is -0.228 e. The van der Waals surface area contributed by atoms with Gasteiger partial charge in [-0.1, -0.05) is 185 Å². The van der Waals surface area contributed by atoms with Crippen LogP contribution in [0.5, 0.6) is 0 Å². The summed E-state index contributed by atoms with van der Waals surface area (Å²) in [4.78, 5) is 10.8. The third-order valence-corrected chi connectivity index (χ3v) is 12.7. The maximum absolute atomic E-state index is 5.47. The van der Waals surface area contributed by atoms with E-state index in [-0.39, 0.29) is 10.8 Å². The number of hydrogen-bond donors (Lipinski definition) is 0. The molecule has 1 aromatic heterocycles. The Bertz CT molecular complexity index is 3080. The fraction of sp³-hybridized carbons (Fsp3) is 0.111. The monoisotopic (exact) mass is 716 g/mol. The Balaban J connectivity index is 1.13. The minimum atomic E-state index is -0.132. The van der Waals surface area contributed by atoms with Crippen molar-refractivity contribution in [2.75, 3.05) is 0 Å². The first kappa shape index (κ1) is 32.8. The van der Waals surface area contributed by atoms with Gasteiger partial charge in [0.15, 0.2) is 5.82 Å². The molecule has 0 bridgehead atoms. The number of nitrogens with zero attached hydrogens (tertiary/aromatic N) is 2. The summed E-state index contributed by atoms with van der Waals surface area (Å²) < 4.78 is 0. The number of benzene rings is 8. The number of rotatable bonds is 4. The van der Waals surface area contributed by atoms with Crippen molar-refractivity contribution in [2.24, 2.45) is 0 Å². The van der Waals surface area contributed by atoms with Gasteiger partial charge in [0.2, 0.25) is 0 Å². The van der Waals surface area contributed by atoms with E-state index in [1.54, 1.807) is 0 Å². The van der Waals surface area contributed by atoms with Gasteiger partial charge in [-0.15, -0.1) is 0 Å². The van der Waals surface area contributed by atoms with Gasteiger partial charge in [-0.3, -0.25) is 0 Å². The van der Waals surface area contributed by atoms with Gasteiger partial charge >= 0.3 is 0 Å². The maximum atomic E-state index is 5.47. The maximum Gasteiger partial charge on any atom is 0.161 e. The lowest BCUT2D eigenvalue weighted by atomic mass is 9.80. The Morgan fingerprint density at radius 3 is 1.71 bits per heavy atom. The van der Waals surface area contributed by atoms with E-state index in [4.69, 9.17) is 9.97 Å². The van der Waals surface area contributed by atoms with Crippen LogP contribution in [0.4, 0.5) is 0 Å². The molecule has 2 nitrogen and oxygen atoms in total. The summed E-state index contributed by atoms with van der Waals surface area (Å²) in [5, 5.41) is 4.95. The molecule has 9 aromatic rings. The van der Waals surface area contributed by atoms with Crippen LogP contribution in [0.25, 0.3) is 88.8 Å². The van der Waals surface area contributed by atoms with Gasteiger partial charge in [-0.25, -0.2) is 9.97 Å². The summed E-state index contributed by atoms with van der Waals surface area (Å²) in [6.07, 6.45) is 0. The van der Waals surface area contributed by atoms with Crippen LogP contribution in [0.3, 0.4) is 0 Å². The lowest BCUT2D eigenvalue weighted by Gasteiger charge is -2.23. The minimum absolute atomic E-state index is 0.105. The molecule has 56 heavy (non-hydrogen) atoms. The van der Waals surface area contributed by atoms with Crippen molar-refractivity contribution in [1.29, 1.82) is 0 Å². The van der Waals surface area contributed by atoms with E-state index in [9.17, 15) is 0 Å². The SMILES string of the molecule is CC1(C)c2ccccc2-c2c(-c3cc(-c4ccccc4)nc(-c4ccc(-c5cccc6c5-c5ccc7ccccc7c5C6(C)C)c5ccccc45)n3)cccc21. The first-order valence-corrected chi connectivity index (χ1v) is 19.7. The zero-order valence-electron chi connectivity index (χ0n) is 32.1. The molecule has 0 unspecified atom stereocenters. The Morgan fingerprint density at radius 1 is 0.357 bits per heavy atom. The predicted octanol–water partition coefficient (Wildman–Crippen LogP) is 14.1. The molecule has 2 heteroatoms. The Hall–Kier alpha value is -6.64. The van der Waals surface area contributed by atoms with Crippen molar-refractivity contribution >= 4 is 21.5 Å². The highest BCUT2D eigenvalue weighted by Gasteiger charge is 2.39. The van der Waals surface area contributed by atoms with E-state index < -0.39 is 0 Å². The summed E-state index contributed by atoms with van der Waals surface area (Å²) in [6.45, 7) is 9.43. The molecular formula is C54H40N2. The zero-order valence-corrected chi connectivity index (χ0v) is 32.1. The van der Waals surface area contributed by atoms with E-state index in [1.807, 2.05) is 0 Å². The molecule has 0 spiro atoms. The van der Waals surface area contributed by atoms with Crippen LogP contribution < -0.4 is 0 Å². The number of aromatic nitrogens is 2. The standard InChI is InChI=1S/C54H40N2/c1-53(2)44-25-13-12-22-41(44)50-42(24-15-26-45(50)53)48-32-47(34-17-6-5-7-18-34)55-52(56-48)40-31-30-38(36-20-10-11-21-37(36)40)39-23-14-27-46-49(39)43-29-28-33-16-8-9-19-35(33)51(43)54(46,3)4/h5-32H,1-4H3. The molecule has 2 aliphatic rings. The first-order valence-electron chi connectivity index (χ1n) is 19.7. The van der Waals surface area contributed by atoms with Gasteiger partial charge < -0.3 is 0 Å². The second-order valence-corrected chi connectivity index (χ2v) is 16.5. The van der Waals surface area contributed by atoms with Crippen LogP contribution in [0.1, 0.15) is 49.9 Å². The normalized spacial score (nSPS) is 14.4. The van der Waals surface area contributed by atoms with E-state index in [0.717, 1.165) is 39.3 Å². The third kappa shape index (κ3) is 4.62. The van der Waals surface area contributed by atoms with Crippen molar-refractivity contribution in [2.45, 2.75) is 38.5 Å². The van der Waals surface area contributed by atoms with Crippen molar-refractivity contribution in [1.82, 2.24) is 9.97 Å². The van der Waals surface area contributed by atoms with E-state index in [0.29, 0.717) is 0 Å². The molecule has 0 radical (unpaired) electrons. The molecule has 11 rings (SSSR count). The second-order valence-electron chi connectivity index (χ2n) is 16.5. The topological polar surface area (TPSA) is 25.8 Å². The molecule has 1 heterocycles. The van der Waals surface area contributed by atoms with E-state index >= 15 is 0 Å². The van der Waals surface area contributed by atoms with Crippen LogP contribution >= 0.6 is 0 Å². The molecule has 266 valence electrons. The lowest BCUT2D eigenvalue weighted by Crippen LogP contribution is -2.15. The molecule has 0 fully saturated rings. The van der Waals surface area contributed by atoms with Crippen LogP contribution in [0.15, 0.2) is 170 Å². The van der Waals surface area contributed by atoms with Crippen LogP contribution in [0.2, 0.25) is 0 Å². The van der Waals surface area contributed by atoms with E-state index in [2.05, 4.69) is 198 Å². The quantitative estimate of drug-likeness (QED) is 0.181. The van der Waals surface area contributed by atoms with E-state index in [1.165, 1.54) is 71.8 Å². The second kappa shape index (κ2) is 11.9. The van der Waals surface area contributed by atoms with Gasteiger partial charge in [0, 0.05) is 27.5 Å². The largest absolute Gasteiger partial charge is 0.228 e. The third-order valence-electron chi connectivity index (χ3n) is 12.7. The summed E-state index contributed by atoms with van der Waals surface area (Å²) >= 11 is 0. The van der Waals surface area contributed by atoms with Gasteiger partial charge in [-0.2, -0.15) is 0 Å². The Labute approximate surface area is 328 Å². The molecule has 0 aliphatic heterocycles. The first-order chi connectivity index (χ1) is 27.3. The number of fused-ring (bicyclic) bond motifs is 9. The van der Waals surface area contributed by atoms with Crippen LogP contribution in [-0.4, -0.2) is 9.97 Å². The molecule has 0 saturated heterocycles. The Kier molecular flexibility index (Phi) is 6.98. The average molecular weight is 717 g/mol. The van der Waals surface area contributed by atoms with Crippen molar-refractivity contribution in [3.63, 3.8) is 0 Å². The molecule has 8 aromatic carbocycles. The van der Waals surface area contributed by atoms with Gasteiger partial charge in [-0.05, 0) is 89.3 Å². The number of hydrogen-bond acceptors (Lipinski definition) is 2. The van der Waals surface area contributed by atoms with Crippen LogP contribution in [0, 0.1) is 0 Å². The lowest BCUT2D eigenvalue weighted by molar-refractivity contribution is 0.660. The molecule has 0 atom stereocenters.